The van der Waals surface area contributed by atoms with Gasteiger partial charge in [0.2, 0.25) is 5.78 Å². The predicted octanol–water partition coefficient (Wildman–Crippen LogP) is 2.88. The molecule has 0 aliphatic rings. The van der Waals surface area contributed by atoms with E-state index < -0.39 is 23.7 Å². The lowest BCUT2D eigenvalue weighted by Gasteiger charge is -2.18. The molecule has 0 unspecified atom stereocenters. The first-order valence-electron chi connectivity index (χ1n) is 9.03. The van der Waals surface area contributed by atoms with Gasteiger partial charge in [-0.25, -0.2) is 4.79 Å². The minimum absolute atomic E-state index is 0.00729. The second kappa shape index (κ2) is 9.75. The molecule has 0 atom stereocenters. The molecule has 0 aliphatic carbocycles. The van der Waals surface area contributed by atoms with Crippen molar-refractivity contribution in [2.24, 2.45) is 0 Å². The molecule has 2 aromatic rings. The van der Waals surface area contributed by atoms with E-state index in [9.17, 15) is 19.2 Å². The van der Waals surface area contributed by atoms with Gasteiger partial charge < -0.3 is 23.7 Å². The maximum Gasteiger partial charge on any atom is 0.338 e. The highest BCUT2D eigenvalue weighted by Gasteiger charge is 2.30. The van der Waals surface area contributed by atoms with Crippen LogP contribution in [0.4, 0.5) is 0 Å². The molecule has 164 valence electrons. The van der Waals surface area contributed by atoms with E-state index in [1.807, 2.05) is 0 Å². The molecule has 2 aromatic carbocycles. The molecule has 0 aliphatic heterocycles. The maximum atomic E-state index is 13.7. The molecule has 0 amide bonds. The van der Waals surface area contributed by atoms with Crippen LogP contribution in [-0.4, -0.2) is 45.0 Å². The Bertz CT molecular complexity index is 1020. The summed E-state index contributed by atoms with van der Waals surface area (Å²) in [5, 5.41) is 0. The SMILES string of the molecule is COC(=O)c1cc(OC)cc(OC)c1C(=O)c1c(OC(C)=O)cc(C)cc1OC(C)=O. The van der Waals surface area contributed by atoms with E-state index >= 15 is 0 Å². The van der Waals surface area contributed by atoms with Gasteiger partial charge in [-0.3, -0.25) is 14.4 Å². The number of ether oxygens (including phenoxy) is 5. The smallest absolute Gasteiger partial charge is 0.338 e. The lowest BCUT2D eigenvalue weighted by molar-refractivity contribution is -0.132. The van der Waals surface area contributed by atoms with Crippen molar-refractivity contribution < 1.29 is 42.9 Å². The molecule has 0 N–H and O–H groups in total. The average molecular weight is 430 g/mol. The molecule has 0 saturated carbocycles. The van der Waals surface area contributed by atoms with E-state index in [1.54, 1.807) is 6.92 Å². The summed E-state index contributed by atoms with van der Waals surface area (Å²) in [6, 6.07) is 5.60. The third-order valence-electron chi connectivity index (χ3n) is 4.11. The zero-order valence-corrected chi connectivity index (χ0v) is 18.0. The van der Waals surface area contributed by atoms with Crippen molar-refractivity contribution in [2.45, 2.75) is 20.8 Å². The normalized spacial score (nSPS) is 10.1. The predicted molar refractivity (Wildman–Crippen MR) is 108 cm³/mol. The van der Waals surface area contributed by atoms with Crippen LogP contribution in [0.25, 0.3) is 0 Å². The molecule has 0 spiro atoms. The second-order valence-corrected chi connectivity index (χ2v) is 6.40. The van der Waals surface area contributed by atoms with Gasteiger partial charge in [0.1, 0.15) is 28.6 Å². The Morgan fingerprint density at radius 2 is 1.26 bits per heavy atom. The number of rotatable bonds is 7. The van der Waals surface area contributed by atoms with Gasteiger partial charge in [-0.05, 0) is 30.7 Å². The van der Waals surface area contributed by atoms with Crippen LogP contribution in [0.3, 0.4) is 0 Å². The Morgan fingerprint density at radius 1 is 0.710 bits per heavy atom. The van der Waals surface area contributed by atoms with Crippen LogP contribution in [0, 0.1) is 6.92 Å². The van der Waals surface area contributed by atoms with Crippen LogP contribution in [0.1, 0.15) is 45.7 Å². The van der Waals surface area contributed by atoms with E-state index in [2.05, 4.69) is 0 Å². The fourth-order valence-electron chi connectivity index (χ4n) is 2.91. The summed E-state index contributed by atoms with van der Waals surface area (Å²) in [5.41, 5.74) is 0.0104. The summed E-state index contributed by atoms with van der Waals surface area (Å²) in [7, 11) is 3.85. The number of hydrogen-bond acceptors (Lipinski definition) is 9. The molecule has 0 fully saturated rings. The minimum atomic E-state index is -0.823. The van der Waals surface area contributed by atoms with Crippen LogP contribution in [0.5, 0.6) is 23.0 Å². The van der Waals surface area contributed by atoms with Crippen molar-refractivity contribution in [1.82, 2.24) is 0 Å². The first-order valence-corrected chi connectivity index (χ1v) is 9.03. The first kappa shape index (κ1) is 23.4. The molecule has 2 rings (SSSR count). The second-order valence-electron chi connectivity index (χ2n) is 6.40. The summed E-state index contributed by atoms with van der Waals surface area (Å²) >= 11 is 0. The molecule has 0 radical (unpaired) electrons. The lowest BCUT2D eigenvalue weighted by Crippen LogP contribution is -2.17. The quantitative estimate of drug-likeness (QED) is 0.371. The van der Waals surface area contributed by atoms with Crippen molar-refractivity contribution in [3.63, 3.8) is 0 Å². The zero-order chi connectivity index (χ0) is 23.3. The third-order valence-corrected chi connectivity index (χ3v) is 4.11. The number of ketones is 1. The van der Waals surface area contributed by atoms with Gasteiger partial charge >= 0.3 is 17.9 Å². The van der Waals surface area contributed by atoms with E-state index in [4.69, 9.17) is 23.7 Å². The molecular formula is C22H22O9. The zero-order valence-electron chi connectivity index (χ0n) is 18.0. The van der Waals surface area contributed by atoms with Gasteiger partial charge in [-0.15, -0.1) is 0 Å². The van der Waals surface area contributed by atoms with Gasteiger partial charge in [0.05, 0.1) is 32.5 Å². The van der Waals surface area contributed by atoms with Crippen molar-refractivity contribution in [1.29, 1.82) is 0 Å². The maximum absolute atomic E-state index is 13.7. The lowest BCUT2D eigenvalue weighted by atomic mass is 9.94. The Balaban J connectivity index is 2.88. The number of hydrogen-bond donors (Lipinski definition) is 0. The number of carbonyl (C=O) groups is 4. The number of carbonyl (C=O) groups excluding carboxylic acids is 4. The molecule has 0 saturated heterocycles. The van der Waals surface area contributed by atoms with E-state index in [1.165, 1.54) is 38.5 Å². The topological polar surface area (TPSA) is 114 Å². The number of methoxy groups -OCH3 is 3. The minimum Gasteiger partial charge on any atom is -0.497 e. The number of aryl methyl sites for hydroxylation is 1. The Kier molecular flexibility index (Phi) is 7.36. The summed E-state index contributed by atoms with van der Waals surface area (Å²) in [4.78, 5) is 49.4. The summed E-state index contributed by atoms with van der Waals surface area (Å²) in [5.74, 6) is -3.01. The Hall–Kier alpha value is -3.88. The molecule has 9 heteroatoms. The van der Waals surface area contributed by atoms with Gasteiger partial charge in [0, 0.05) is 19.9 Å². The fourth-order valence-corrected chi connectivity index (χ4v) is 2.91. The van der Waals surface area contributed by atoms with Crippen LogP contribution in [0.15, 0.2) is 24.3 Å². The van der Waals surface area contributed by atoms with Crippen LogP contribution >= 0.6 is 0 Å². The highest BCUT2D eigenvalue weighted by Crippen LogP contribution is 2.38. The van der Waals surface area contributed by atoms with E-state index in [-0.39, 0.29) is 39.7 Å². The highest BCUT2D eigenvalue weighted by molar-refractivity contribution is 6.19. The summed E-state index contributed by atoms with van der Waals surface area (Å²) in [6.45, 7) is 3.99. The van der Waals surface area contributed by atoms with E-state index in [0.717, 1.165) is 21.0 Å². The van der Waals surface area contributed by atoms with Gasteiger partial charge in [0.15, 0.2) is 0 Å². The van der Waals surface area contributed by atoms with Crippen LogP contribution in [0.2, 0.25) is 0 Å². The van der Waals surface area contributed by atoms with Crippen molar-refractivity contribution in [3.05, 3.63) is 46.5 Å². The van der Waals surface area contributed by atoms with Crippen LogP contribution < -0.4 is 18.9 Å². The monoisotopic (exact) mass is 430 g/mol. The number of esters is 3. The summed E-state index contributed by atoms with van der Waals surface area (Å²) in [6.07, 6.45) is 0. The Morgan fingerprint density at radius 3 is 1.68 bits per heavy atom. The molecule has 31 heavy (non-hydrogen) atoms. The first-order chi connectivity index (χ1) is 14.6. The highest BCUT2D eigenvalue weighted by atomic mass is 16.5. The van der Waals surface area contributed by atoms with Gasteiger partial charge in [-0.2, -0.15) is 0 Å². The summed E-state index contributed by atoms with van der Waals surface area (Å²) < 4.78 is 25.7. The molecule has 0 bridgehead atoms. The largest absolute Gasteiger partial charge is 0.497 e. The van der Waals surface area contributed by atoms with Gasteiger partial charge in [-0.1, -0.05) is 0 Å². The van der Waals surface area contributed by atoms with Crippen LogP contribution in [-0.2, 0) is 14.3 Å². The Labute approximate surface area is 178 Å². The van der Waals surface area contributed by atoms with Gasteiger partial charge in [0.25, 0.3) is 0 Å². The molecule has 0 heterocycles. The molecule has 9 nitrogen and oxygen atoms in total. The number of benzene rings is 2. The standard InChI is InChI=1S/C22H22O9/c1-11-7-17(30-12(2)23)20(18(8-11)31-13(3)24)21(25)19-15(22(26)29-6)9-14(27-4)10-16(19)28-5/h7-10H,1-6H3. The molecule has 0 aromatic heterocycles. The van der Waals surface area contributed by atoms with Crippen molar-refractivity contribution in [2.75, 3.05) is 21.3 Å². The third kappa shape index (κ3) is 5.19. The van der Waals surface area contributed by atoms with E-state index in [0.29, 0.717) is 5.56 Å². The fraction of sp³-hybridized carbons (Fsp3) is 0.273. The van der Waals surface area contributed by atoms with Crippen molar-refractivity contribution >= 4 is 23.7 Å². The average Bonchev–Trinajstić information content (AvgIpc) is 2.70. The molecular weight excluding hydrogens is 408 g/mol. The van der Waals surface area contributed by atoms with Crippen molar-refractivity contribution in [3.8, 4) is 23.0 Å².